The Hall–Kier alpha value is -2.94. The van der Waals surface area contributed by atoms with E-state index in [0.717, 1.165) is 49.1 Å². The van der Waals surface area contributed by atoms with Crippen molar-refractivity contribution in [2.75, 3.05) is 26.3 Å². The number of aromatic amines is 1. The summed E-state index contributed by atoms with van der Waals surface area (Å²) in [5.41, 5.74) is 1.06. The van der Waals surface area contributed by atoms with E-state index in [4.69, 9.17) is 9.47 Å². The van der Waals surface area contributed by atoms with Gasteiger partial charge in [0.1, 0.15) is 13.2 Å². The second-order valence-electron chi connectivity index (χ2n) is 9.05. The number of benzene rings is 1. The van der Waals surface area contributed by atoms with E-state index in [9.17, 15) is 4.79 Å². The van der Waals surface area contributed by atoms with Crippen molar-refractivity contribution in [3.63, 3.8) is 0 Å². The smallest absolute Gasteiger partial charge is 0.258 e. The Morgan fingerprint density at radius 1 is 1.16 bits per heavy atom. The molecule has 0 amide bonds. The summed E-state index contributed by atoms with van der Waals surface area (Å²) in [7, 11) is 0. The molecule has 9 nitrogen and oxygen atoms in total. The molecule has 2 N–H and O–H groups in total. The molecule has 1 aromatic carbocycles. The molecule has 4 heterocycles. The predicted molar refractivity (Wildman–Crippen MR) is 115 cm³/mol. The van der Waals surface area contributed by atoms with Gasteiger partial charge in [-0.25, -0.2) is 4.68 Å². The summed E-state index contributed by atoms with van der Waals surface area (Å²) >= 11 is 0. The van der Waals surface area contributed by atoms with E-state index in [1.54, 1.807) is 0 Å². The van der Waals surface area contributed by atoms with Crippen molar-refractivity contribution in [1.82, 2.24) is 25.2 Å². The fraction of sp³-hybridized carbons (Fsp3) is 0.545. The molecule has 1 saturated heterocycles. The molecule has 0 bridgehead atoms. The van der Waals surface area contributed by atoms with E-state index in [1.807, 2.05) is 22.9 Å². The Kier molecular flexibility index (Phi) is 4.92. The first-order valence-electron chi connectivity index (χ1n) is 11.1. The largest absolute Gasteiger partial charge is 0.486 e. The highest BCUT2D eigenvalue weighted by Gasteiger charge is 2.38. The molecule has 1 atom stereocenters. The second kappa shape index (κ2) is 7.64. The van der Waals surface area contributed by atoms with Crippen molar-refractivity contribution >= 4 is 10.9 Å². The first kappa shape index (κ1) is 20.0. The number of fused-ring (bicyclic) bond motifs is 2. The number of pyridine rings is 1. The Balaban J connectivity index is 1.68. The fourth-order valence-corrected chi connectivity index (χ4v) is 4.59. The number of nitrogens with zero attached hydrogens (tertiary/aromatic N) is 4. The zero-order valence-corrected chi connectivity index (χ0v) is 18.3. The summed E-state index contributed by atoms with van der Waals surface area (Å²) in [5.74, 6) is 2.11. The summed E-state index contributed by atoms with van der Waals surface area (Å²) in [6.45, 7) is 9.38. The molecule has 0 aliphatic carbocycles. The summed E-state index contributed by atoms with van der Waals surface area (Å²) in [6.07, 6.45) is 3.15. The zero-order chi connectivity index (χ0) is 21.6. The lowest BCUT2D eigenvalue weighted by atomic mass is 9.99. The van der Waals surface area contributed by atoms with E-state index in [1.165, 1.54) is 4.90 Å². The molecule has 1 fully saturated rings. The molecule has 2 aromatic heterocycles. The molecule has 2 aliphatic heterocycles. The highest BCUT2D eigenvalue weighted by molar-refractivity contribution is 5.83. The third-order valence-electron chi connectivity index (χ3n) is 6.69. The number of hydrogen-bond donors (Lipinski definition) is 2. The van der Waals surface area contributed by atoms with Crippen molar-refractivity contribution < 1.29 is 14.4 Å². The Morgan fingerprint density at radius 2 is 1.87 bits per heavy atom. The van der Waals surface area contributed by atoms with Crippen molar-refractivity contribution in [1.29, 1.82) is 0 Å². The highest BCUT2D eigenvalue weighted by atomic mass is 16.6. The fourth-order valence-electron chi connectivity index (χ4n) is 4.59. The maximum absolute atomic E-state index is 13.3. The van der Waals surface area contributed by atoms with Gasteiger partial charge < -0.3 is 19.4 Å². The Bertz CT molecular complexity index is 1160. The van der Waals surface area contributed by atoms with E-state index < -0.39 is 0 Å². The van der Waals surface area contributed by atoms with Crippen molar-refractivity contribution in [3.05, 3.63) is 39.9 Å². The average molecular weight is 426 g/mol. The molecule has 5 rings (SSSR count). The van der Waals surface area contributed by atoms with Crippen LogP contribution in [-0.2, 0) is 5.54 Å². The number of rotatable bonds is 5. The maximum atomic E-state index is 13.3. The lowest BCUT2D eigenvalue weighted by Gasteiger charge is -2.29. The monoisotopic (exact) mass is 425 g/mol. The standard InChI is InChI=1S/C22H28N6O3/c1-4-22(2,3)28-20(24-25-26-28)19(27-7-5-6-8-27)15-11-14-12-17-18(31-10-9-30-17)13-16(14)23-21(15)29/h11-13,19H,4-10H2,1-3H3,(H,23,29)/p+1/t19-/m0/s1. The second-order valence-corrected chi connectivity index (χ2v) is 9.05. The number of tetrazole rings is 1. The van der Waals surface area contributed by atoms with Crippen LogP contribution in [-0.4, -0.2) is 51.5 Å². The lowest BCUT2D eigenvalue weighted by molar-refractivity contribution is -0.914. The number of likely N-dealkylation sites (tertiary alicyclic amines) is 1. The summed E-state index contributed by atoms with van der Waals surface area (Å²) in [6, 6.07) is 5.53. The molecule has 0 unspecified atom stereocenters. The lowest BCUT2D eigenvalue weighted by Crippen LogP contribution is -3.10. The summed E-state index contributed by atoms with van der Waals surface area (Å²) in [5, 5.41) is 13.7. The quantitative estimate of drug-likeness (QED) is 0.637. The van der Waals surface area contributed by atoms with Gasteiger partial charge in [0.15, 0.2) is 17.5 Å². The molecule has 9 heteroatoms. The molecule has 164 valence electrons. The SMILES string of the molecule is CCC(C)(C)n1nnnc1[C@H](c1cc2cc3c(cc2[nH]c1=O)OCCO3)[NH+]1CCCC1. The average Bonchev–Trinajstić information content (AvgIpc) is 3.46. The molecule has 3 aromatic rings. The van der Waals surface area contributed by atoms with Gasteiger partial charge in [-0.05, 0) is 42.8 Å². The van der Waals surface area contributed by atoms with Crippen LogP contribution in [0.25, 0.3) is 10.9 Å². The van der Waals surface area contributed by atoms with Crippen LogP contribution < -0.4 is 19.9 Å². The summed E-state index contributed by atoms with van der Waals surface area (Å²) in [4.78, 5) is 17.7. The highest BCUT2D eigenvalue weighted by Crippen LogP contribution is 2.34. The van der Waals surface area contributed by atoms with Crippen LogP contribution in [0.15, 0.2) is 23.0 Å². The summed E-state index contributed by atoms with van der Waals surface area (Å²) < 4.78 is 13.3. The van der Waals surface area contributed by atoms with Crippen LogP contribution in [0.2, 0.25) is 0 Å². The minimum Gasteiger partial charge on any atom is -0.486 e. The zero-order valence-electron chi connectivity index (χ0n) is 18.3. The van der Waals surface area contributed by atoms with Gasteiger partial charge in [-0.15, -0.1) is 5.10 Å². The molecule has 2 aliphatic rings. The van der Waals surface area contributed by atoms with Crippen LogP contribution in [0.4, 0.5) is 0 Å². The number of ether oxygens (including phenoxy) is 2. The van der Waals surface area contributed by atoms with Crippen LogP contribution >= 0.6 is 0 Å². The number of H-pyrrole nitrogens is 1. The van der Waals surface area contributed by atoms with Crippen molar-refractivity contribution in [2.24, 2.45) is 0 Å². The van der Waals surface area contributed by atoms with Crippen molar-refractivity contribution in [3.8, 4) is 11.5 Å². The van der Waals surface area contributed by atoms with Crippen LogP contribution in [0.1, 0.15) is 57.5 Å². The van der Waals surface area contributed by atoms with Gasteiger partial charge in [0, 0.05) is 24.3 Å². The Labute approximate surface area is 180 Å². The molecule has 0 spiro atoms. The van der Waals surface area contributed by atoms with E-state index in [-0.39, 0.29) is 17.1 Å². The van der Waals surface area contributed by atoms with Gasteiger partial charge in [-0.3, -0.25) is 4.79 Å². The molecule has 0 saturated carbocycles. The molecule has 31 heavy (non-hydrogen) atoms. The Morgan fingerprint density at radius 3 is 2.58 bits per heavy atom. The molecular weight excluding hydrogens is 396 g/mol. The van der Waals surface area contributed by atoms with Gasteiger partial charge in [0.2, 0.25) is 5.82 Å². The van der Waals surface area contributed by atoms with Gasteiger partial charge in [-0.2, -0.15) is 0 Å². The van der Waals surface area contributed by atoms with Gasteiger partial charge in [0.25, 0.3) is 5.56 Å². The minimum absolute atomic E-state index is 0.113. The van der Waals surface area contributed by atoms with E-state index >= 15 is 0 Å². The van der Waals surface area contributed by atoms with Crippen LogP contribution in [0.5, 0.6) is 11.5 Å². The number of aromatic nitrogens is 5. The normalized spacial score (nSPS) is 17.9. The van der Waals surface area contributed by atoms with E-state index in [2.05, 4.69) is 41.3 Å². The predicted octanol–water partition coefficient (Wildman–Crippen LogP) is 1.20. The third kappa shape index (κ3) is 3.46. The first-order valence-corrected chi connectivity index (χ1v) is 11.1. The number of quaternary nitrogens is 1. The van der Waals surface area contributed by atoms with Gasteiger partial charge in [0.05, 0.1) is 29.7 Å². The minimum atomic E-state index is -0.246. The van der Waals surface area contributed by atoms with Gasteiger partial charge >= 0.3 is 0 Å². The number of nitrogens with one attached hydrogen (secondary N) is 2. The number of hydrogen-bond acceptors (Lipinski definition) is 6. The topological polar surface area (TPSA) is 99.4 Å². The van der Waals surface area contributed by atoms with Crippen LogP contribution in [0, 0.1) is 0 Å². The van der Waals surface area contributed by atoms with Crippen molar-refractivity contribution in [2.45, 2.75) is 51.6 Å². The molecule has 0 radical (unpaired) electrons. The maximum Gasteiger partial charge on any atom is 0.258 e. The molecular formula is C22H29N6O3+. The first-order chi connectivity index (χ1) is 15.0. The van der Waals surface area contributed by atoms with E-state index in [0.29, 0.717) is 30.3 Å². The van der Waals surface area contributed by atoms with Gasteiger partial charge in [-0.1, -0.05) is 6.92 Å². The van der Waals surface area contributed by atoms with Crippen LogP contribution in [0.3, 0.4) is 0 Å². The third-order valence-corrected chi connectivity index (χ3v) is 6.69.